The Bertz CT molecular complexity index is 1040. The van der Waals surface area contributed by atoms with E-state index in [2.05, 4.69) is 15.1 Å². The molecule has 1 amide bonds. The smallest absolute Gasteiger partial charge is 0.270 e. The first kappa shape index (κ1) is 18.9. The SMILES string of the molecule is NC(=O)c1cn[nH]c1C1CCCN(Cc2ccc(-c3cccc([N+](=O)[O-])c3)o2)C1. The zero-order chi connectivity index (χ0) is 20.4. The summed E-state index contributed by atoms with van der Waals surface area (Å²) in [5, 5.41) is 17.9. The van der Waals surface area contributed by atoms with Gasteiger partial charge in [0.1, 0.15) is 11.5 Å². The summed E-state index contributed by atoms with van der Waals surface area (Å²) in [4.78, 5) is 24.4. The van der Waals surface area contributed by atoms with Crippen molar-refractivity contribution in [2.45, 2.75) is 25.3 Å². The Labute approximate surface area is 166 Å². The fourth-order valence-electron chi connectivity index (χ4n) is 3.85. The first-order chi connectivity index (χ1) is 14.0. The van der Waals surface area contributed by atoms with E-state index in [-0.39, 0.29) is 11.6 Å². The summed E-state index contributed by atoms with van der Waals surface area (Å²) in [5.74, 6) is 1.06. The molecule has 1 aliphatic rings. The van der Waals surface area contributed by atoms with Gasteiger partial charge in [-0.05, 0) is 31.5 Å². The average Bonchev–Trinajstić information content (AvgIpc) is 3.38. The lowest BCUT2D eigenvalue weighted by atomic mass is 9.92. The minimum atomic E-state index is -0.474. The van der Waals surface area contributed by atoms with Crippen molar-refractivity contribution in [1.29, 1.82) is 0 Å². The molecule has 9 nitrogen and oxygen atoms in total. The molecule has 2 aromatic heterocycles. The van der Waals surface area contributed by atoms with Gasteiger partial charge in [0.2, 0.25) is 0 Å². The molecule has 0 bridgehead atoms. The maximum Gasteiger partial charge on any atom is 0.270 e. The summed E-state index contributed by atoms with van der Waals surface area (Å²) in [6.07, 6.45) is 3.42. The van der Waals surface area contributed by atoms with Crippen molar-refractivity contribution in [1.82, 2.24) is 15.1 Å². The summed E-state index contributed by atoms with van der Waals surface area (Å²) in [7, 11) is 0. The Hall–Kier alpha value is -3.46. The molecule has 3 heterocycles. The molecule has 9 heteroatoms. The highest BCUT2D eigenvalue weighted by Crippen LogP contribution is 2.30. The van der Waals surface area contributed by atoms with Crippen molar-refractivity contribution >= 4 is 11.6 Å². The molecule has 0 saturated carbocycles. The Morgan fingerprint density at radius 2 is 2.24 bits per heavy atom. The second-order valence-electron chi connectivity index (χ2n) is 7.21. The summed E-state index contributed by atoms with van der Waals surface area (Å²) in [5.41, 5.74) is 7.38. The minimum absolute atomic E-state index is 0.0316. The predicted octanol–water partition coefficient (Wildman–Crippen LogP) is 3.06. The van der Waals surface area contributed by atoms with Crippen molar-refractivity contribution in [3.8, 4) is 11.3 Å². The number of benzene rings is 1. The topological polar surface area (TPSA) is 131 Å². The maximum absolute atomic E-state index is 11.6. The van der Waals surface area contributed by atoms with Crippen LogP contribution < -0.4 is 5.73 Å². The van der Waals surface area contributed by atoms with Gasteiger partial charge in [-0.3, -0.25) is 24.9 Å². The minimum Gasteiger partial charge on any atom is -0.460 e. The van der Waals surface area contributed by atoms with Gasteiger partial charge in [-0.2, -0.15) is 5.10 Å². The van der Waals surface area contributed by atoms with Crippen molar-refractivity contribution in [3.05, 3.63) is 69.7 Å². The van der Waals surface area contributed by atoms with Crippen LogP contribution in [0, 0.1) is 10.1 Å². The van der Waals surface area contributed by atoms with Gasteiger partial charge in [0.05, 0.1) is 28.9 Å². The lowest BCUT2D eigenvalue weighted by molar-refractivity contribution is -0.384. The number of rotatable bonds is 6. The lowest BCUT2D eigenvalue weighted by Gasteiger charge is -2.31. The third-order valence-electron chi connectivity index (χ3n) is 5.23. The maximum atomic E-state index is 11.6. The van der Waals surface area contributed by atoms with Gasteiger partial charge in [0.15, 0.2) is 0 Å². The quantitative estimate of drug-likeness (QED) is 0.487. The van der Waals surface area contributed by atoms with Crippen molar-refractivity contribution in [3.63, 3.8) is 0 Å². The Balaban J connectivity index is 1.46. The molecule has 1 fully saturated rings. The fourth-order valence-corrected chi connectivity index (χ4v) is 3.85. The normalized spacial score (nSPS) is 17.3. The number of carbonyl (C=O) groups excluding carboxylic acids is 1. The van der Waals surface area contributed by atoms with Gasteiger partial charge in [0.25, 0.3) is 11.6 Å². The third-order valence-corrected chi connectivity index (χ3v) is 5.23. The summed E-state index contributed by atoms with van der Waals surface area (Å²) in [6.45, 7) is 2.30. The number of nitrogens with two attached hydrogens (primary N) is 1. The number of nitro groups is 1. The number of likely N-dealkylation sites (tertiary alicyclic amines) is 1. The molecule has 1 saturated heterocycles. The van der Waals surface area contributed by atoms with Crippen LogP contribution in [0.5, 0.6) is 0 Å². The molecule has 29 heavy (non-hydrogen) atoms. The average molecular weight is 395 g/mol. The number of hydrogen-bond acceptors (Lipinski definition) is 6. The number of furan rings is 1. The zero-order valence-electron chi connectivity index (χ0n) is 15.7. The van der Waals surface area contributed by atoms with Gasteiger partial charge in [-0.25, -0.2) is 0 Å². The number of nitrogens with one attached hydrogen (secondary N) is 1. The molecule has 3 aromatic rings. The van der Waals surface area contributed by atoms with E-state index >= 15 is 0 Å². The van der Waals surface area contributed by atoms with Gasteiger partial charge >= 0.3 is 0 Å². The summed E-state index contributed by atoms with van der Waals surface area (Å²) < 4.78 is 5.94. The number of primary amides is 1. The van der Waals surface area contributed by atoms with Crippen LogP contribution in [-0.2, 0) is 6.54 Å². The molecule has 0 spiro atoms. The molecule has 4 rings (SSSR count). The molecule has 150 valence electrons. The number of nitro benzene ring substituents is 1. The second-order valence-corrected chi connectivity index (χ2v) is 7.21. The number of hydrogen-bond donors (Lipinski definition) is 2. The van der Waals surface area contributed by atoms with Gasteiger partial charge in [-0.15, -0.1) is 0 Å². The molecular formula is C20H21N5O4. The van der Waals surface area contributed by atoms with E-state index in [1.54, 1.807) is 12.1 Å². The summed E-state index contributed by atoms with van der Waals surface area (Å²) >= 11 is 0. The third kappa shape index (κ3) is 4.04. The molecule has 0 radical (unpaired) electrons. The van der Waals surface area contributed by atoms with Crippen molar-refractivity contribution < 1.29 is 14.1 Å². The molecule has 0 aliphatic carbocycles. The number of piperidine rings is 1. The molecule has 1 unspecified atom stereocenters. The van der Waals surface area contributed by atoms with Crippen LogP contribution in [0.3, 0.4) is 0 Å². The number of aromatic amines is 1. The largest absolute Gasteiger partial charge is 0.460 e. The summed E-state index contributed by atoms with van der Waals surface area (Å²) in [6, 6.07) is 10.1. The monoisotopic (exact) mass is 395 g/mol. The van der Waals surface area contributed by atoms with Crippen molar-refractivity contribution in [2.24, 2.45) is 5.73 Å². The Morgan fingerprint density at radius 3 is 3.03 bits per heavy atom. The standard InChI is InChI=1S/C20H21N5O4/c21-20(26)17-10-22-23-19(17)14-4-2-8-24(11-14)12-16-6-7-18(29-16)13-3-1-5-15(9-13)25(27)28/h1,3,5-7,9-10,14H,2,4,8,11-12H2,(H2,21,26)(H,22,23). The van der Waals surface area contributed by atoms with Crippen molar-refractivity contribution in [2.75, 3.05) is 13.1 Å². The number of non-ortho nitro benzene ring substituents is 1. The van der Waals surface area contributed by atoms with Crippen LogP contribution >= 0.6 is 0 Å². The van der Waals surface area contributed by atoms with Crippen LogP contribution in [0.1, 0.15) is 40.6 Å². The van der Waals surface area contributed by atoms with Crippen LogP contribution in [0.2, 0.25) is 0 Å². The highest BCUT2D eigenvalue weighted by Gasteiger charge is 2.26. The highest BCUT2D eigenvalue weighted by molar-refractivity contribution is 5.93. The lowest BCUT2D eigenvalue weighted by Crippen LogP contribution is -2.34. The molecule has 1 aromatic carbocycles. The van der Waals surface area contributed by atoms with Crippen LogP contribution in [0.4, 0.5) is 5.69 Å². The molecule has 1 atom stereocenters. The van der Waals surface area contributed by atoms with E-state index in [9.17, 15) is 14.9 Å². The predicted molar refractivity (Wildman–Crippen MR) is 105 cm³/mol. The molecular weight excluding hydrogens is 374 g/mol. The highest BCUT2D eigenvalue weighted by atomic mass is 16.6. The molecule has 3 N–H and O–H groups in total. The Morgan fingerprint density at radius 1 is 1.38 bits per heavy atom. The number of H-pyrrole nitrogens is 1. The van der Waals surface area contributed by atoms with E-state index in [0.29, 0.717) is 23.4 Å². The van der Waals surface area contributed by atoms with Crippen LogP contribution in [-0.4, -0.2) is 39.0 Å². The van der Waals surface area contributed by atoms with E-state index in [1.165, 1.54) is 18.3 Å². The molecule has 1 aliphatic heterocycles. The van der Waals surface area contributed by atoms with Gasteiger partial charge in [0, 0.05) is 30.2 Å². The fraction of sp³-hybridized carbons (Fsp3) is 0.300. The van der Waals surface area contributed by atoms with E-state index in [0.717, 1.165) is 37.4 Å². The van der Waals surface area contributed by atoms with E-state index in [4.69, 9.17) is 10.2 Å². The van der Waals surface area contributed by atoms with Gasteiger partial charge < -0.3 is 10.2 Å². The zero-order valence-corrected chi connectivity index (χ0v) is 15.7. The van der Waals surface area contributed by atoms with Crippen LogP contribution in [0.25, 0.3) is 11.3 Å². The second kappa shape index (κ2) is 7.88. The first-order valence-electron chi connectivity index (χ1n) is 9.40. The Kier molecular flexibility index (Phi) is 5.13. The van der Waals surface area contributed by atoms with E-state index < -0.39 is 10.8 Å². The number of amides is 1. The van der Waals surface area contributed by atoms with E-state index in [1.807, 2.05) is 12.1 Å². The number of nitrogens with zero attached hydrogens (tertiary/aromatic N) is 3. The first-order valence-corrected chi connectivity index (χ1v) is 9.40. The van der Waals surface area contributed by atoms with Gasteiger partial charge in [-0.1, -0.05) is 12.1 Å². The van der Waals surface area contributed by atoms with Crippen LogP contribution in [0.15, 0.2) is 47.0 Å². The number of carbonyl (C=O) groups is 1. The number of aromatic nitrogens is 2.